The average Bonchev–Trinajstić information content (AvgIpc) is 2.24. The van der Waals surface area contributed by atoms with Gasteiger partial charge in [0.15, 0.2) is 0 Å². The van der Waals surface area contributed by atoms with Crippen LogP contribution in [0.25, 0.3) is 0 Å². The maximum Gasteiger partial charge on any atom is 0.332 e. The van der Waals surface area contributed by atoms with Crippen molar-refractivity contribution in [3.05, 3.63) is 26.4 Å². The lowest BCUT2D eigenvalue weighted by atomic mass is 10.3. The molecule has 0 aliphatic rings. The van der Waals surface area contributed by atoms with Crippen LogP contribution >= 0.6 is 11.8 Å². The van der Waals surface area contributed by atoms with Crippen molar-refractivity contribution >= 4 is 22.7 Å². The molecular weight excluding hydrogens is 230 g/mol. The zero-order valence-corrected chi connectivity index (χ0v) is 10.1. The normalized spacial score (nSPS) is 10.4. The highest BCUT2D eigenvalue weighted by molar-refractivity contribution is 8.14. The van der Waals surface area contributed by atoms with Gasteiger partial charge in [0.1, 0.15) is 11.4 Å². The number of anilines is 1. The molecule has 1 aromatic heterocycles. The summed E-state index contributed by atoms with van der Waals surface area (Å²) in [5.41, 5.74) is 4.28. The standard InChI is InChI=1S/C9H13N3O3S/c1-4-16-8(14)5-6(10)11(2)9(15)12(3)7(5)13/h4,10H2,1-3H3. The second-order valence-electron chi connectivity index (χ2n) is 3.19. The first kappa shape index (κ1) is 12.6. The van der Waals surface area contributed by atoms with Gasteiger partial charge >= 0.3 is 5.69 Å². The summed E-state index contributed by atoms with van der Waals surface area (Å²) in [6.07, 6.45) is 0. The minimum Gasteiger partial charge on any atom is -0.384 e. The van der Waals surface area contributed by atoms with Crippen LogP contribution in [0.3, 0.4) is 0 Å². The number of hydrogen-bond acceptors (Lipinski definition) is 5. The molecule has 0 radical (unpaired) electrons. The predicted molar refractivity (Wildman–Crippen MR) is 63.8 cm³/mol. The molecule has 0 fully saturated rings. The Morgan fingerprint density at radius 2 is 1.88 bits per heavy atom. The Bertz CT molecular complexity index is 544. The van der Waals surface area contributed by atoms with Crippen LogP contribution in [-0.2, 0) is 14.1 Å². The molecular formula is C9H13N3O3S. The first-order chi connectivity index (χ1) is 7.41. The van der Waals surface area contributed by atoms with Crippen LogP contribution in [0.5, 0.6) is 0 Å². The van der Waals surface area contributed by atoms with Crippen molar-refractivity contribution in [1.82, 2.24) is 9.13 Å². The zero-order chi connectivity index (χ0) is 12.5. The van der Waals surface area contributed by atoms with Crippen molar-refractivity contribution in [2.75, 3.05) is 11.5 Å². The third-order valence-corrected chi connectivity index (χ3v) is 2.94. The topological polar surface area (TPSA) is 87.1 Å². The van der Waals surface area contributed by atoms with Crippen LogP contribution in [0.2, 0.25) is 0 Å². The third kappa shape index (κ3) is 1.90. The highest BCUT2D eigenvalue weighted by Gasteiger charge is 2.19. The Morgan fingerprint density at radius 3 is 2.38 bits per heavy atom. The Hall–Kier alpha value is -1.50. The first-order valence-electron chi connectivity index (χ1n) is 4.64. The molecule has 0 saturated carbocycles. The quantitative estimate of drug-likeness (QED) is 0.761. The third-order valence-electron chi connectivity index (χ3n) is 2.19. The van der Waals surface area contributed by atoms with Crippen molar-refractivity contribution in [3.63, 3.8) is 0 Å². The van der Waals surface area contributed by atoms with Crippen LogP contribution < -0.4 is 17.0 Å². The first-order valence-corrected chi connectivity index (χ1v) is 5.63. The van der Waals surface area contributed by atoms with Gasteiger partial charge in [0.25, 0.3) is 5.56 Å². The molecule has 0 aliphatic heterocycles. The van der Waals surface area contributed by atoms with Crippen molar-refractivity contribution in [1.29, 1.82) is 0 Å². The van der Waals surface area contributed by atoms with Gasteiger partial charge in [-0.1, -0.05) is 18.7 Å². The number of nitrogens with zero attached hydrogens (tertiary/aromatic N) is 2. The molecule has 0 aliphatic carbocycles. The number of carbonyl (C=O) groups is 1. The molecule has 16 heavy (non-hydrogen) atoms. The van der Waals surface area contributed by atoms with Gasteiger partial charge < -0.3 is 5.73 Å². The lowest BCUT2D eigenvalue weighted by Crippen LogP contribution is -2.41. The number of thioether (sulfide) groups is 1. The Morgan fingerprint density at radius 1 is 1.31 bits per heavy atom. The molecule has 0 atom stereocenters. The summed E-state index contributed by atoms with van der Waals surface area (Å²) in [4.78, 5) is 34.8. The Labute approximate surface area is 96.1 Å². The van der Waals surface area contributed by atoms with E-state index in [1.807, 2.05) is 0 Å². The largest absolute Gasteiger partial charge is 0.384 e. The van der Waals surface area contributed by atoms with Crippen LogP contribution in [0.15, 0.2) is 9.59 Å². The minimum atomic E-state index is -0.647. The average molecular weight is 243 g/mol. The lowest BCUT2D eigenvalue weighted by molar-refractivity contribution is 0.108. The molecule has 1 heterocycles. The fourth-order valence-corrected chi connectivity index (χ4v) is 1.85. The molecule has 0 unspecified atom stereocenters. The number of carbonyl (C=O) groups excluding carboxylic acids is 1. The number of nitrogens with two attached hydrogens (primary N) is 1. The van der Waals surface area contributed by atoms with Crippen molar-refractivity contribution < 1.29 is 4.79 Å². The summed E-state index contributed by atoms with van der Waals surface area (Å²) in [5.74, 6) is 0.462. The van der Waals surface area contributed by atoms with E-state index in [4.69, 9.17) is 5.73 Å². The van der Waals surface area contributed by atoms with E-state index in [1.54, 1.807) is 6.92 Å². The SMILES string of the molecule is CCSC(=O)c1c(N)n(C)c(=O)n(C)c1=O. The fourth-order valence-electron chi connectivity index (χ4n) is 1.26. The van der Waals surface area contributed by atoms with Gasteiger partial charge in [-0.05, 0) is 5.75 Å². The molecule has 7 heteroatoms. The number of nitrogen functional groups attached to an aromatic ring is 1. The molecule has 0 spiro atoms. The molecule has 2 N–H and O–H groups in total. The maximum atomic E-state index is 11.7. The van der Waals surface area contributed by atoms with E-state index in [1.165, 1.54) is 14.1 Å². The van der Waals surface area contributed by atoms with E-state index in [0.717, 1.165) is 20.9 Å². The Balaban J connectivity index is 3.59. The van der Waals surface area contributed by atoms with Crippen LogP contribution in [0.1, 0.15) is 17.3 Å². The molecule has 88 valence electrons. The van der Waals surface area contributed by atoms with Crippen LogP contribution in [-0.4, -0.2) is 20.0 Å². The number of hydrogen-bond donors (Lipinski definition) is 1. The van der Waals surface area contributed by atoms with Gasteiger partial charge in [-0.2, -0.15) is 0 Å². The van der Waals surface area contributed by atoms with Crippen LogP contribution in [0.4, 0.5) is 5.82 Å². The monoisotopic (exact) mass is 243 g/mol. The molecule has 1 aromatic rings. The van der Waals surface area contributed by atoms with E-state index in [9.17, 15) is 14.4 Å². The molecule has 0 aromatic carbocycles. The predicted octanol–water partition coefficient (Wildman–Crippen LogP) is -0.440. The van der Waals surface area contributed by atoms with Crippen molar-refractivity contribution in [2.45, 2.75) is 6.92 Å². The highest BCUT2D eigenvalue weighted by Crippen LogP contribution is 2.12. The second kappa shape index (κ2) is 4.56. The highest BCUT2D eigenvalue weighted by atomic mass is 32.2. The second-order valence-corrected chi connectivity index (χ2v) is 4.42. The fraction of sp³-hybridized carbons (Fsp3) is 0.444. The Kier molecular flexibility index (Phi) is 3.58. The number of rotatable bonds is 2. The minimum absolute atomic E-state index is 0.0842. The molecule has 6 nitrogen and oxygen atoms in total. The summed E-state index contributed by atoms with van der Waals surface area (Å²) >= 11 is 0.988. The van der Waals surface area contributed by atoms with Crippen molar-refractivity contribution in [3.8, 4) is 0 Å². The molecule has 0 saturated heterocycles. The zero-order valence-electron chi connectivity index (χ0n) is 9.31. The summed E-state index contributed by atoms with van der Waals surface area (Å²) in [5, 5.41) is -0.406. The van der Waals surface area contributed by atoms with E-state index < -0.39 is 16.4 Å². The molecule has 1 rings (SSSR count). The molecule has 0 bridgehead atoms. The van der Waals surface area contributed by atoms with Gasteiger partial charge in [0.2, 0.25) is 5.12 Å². The summed E-state index contributed by atoms with van der Waals surface area (Å²) in [6, 6.07) is 0. The maximum absolute atomic E-state index is 11.7. The van der Waals surface area contributed by atoms with Gasteiger partial charge in [-0.15, -0.1) is 0 Å². The van der Waals surface area contributed by atoms with Gasteiger partial charge in [0, 0.05) is 14.1 Å². The van der Waals surface area contributed by atoms with E-state index >= 15 is 0 Å². The summed E-state index contributed by atoms with van der Waals surface area (Å²) in [6.45, 7) is 1.80. The van der Waals surface area contributed by atoms with E-state index in [2.05, 4.69) is 0 Å². The summed E-state index contributed by atoms with van der Waals surface area (Å²) in [7, 11) is 2.74. The lowest BCUT2D eigenvalue weighted by Gasteiger charge is -2.09. The molecule has 0 amide bonds. The summed E-state index contributed by atoms with van der Waals surface area (Å²) < 4.78 is 1.96. The van der Waals surface area contributed by atoms with E-state index in [-0.39, 0.29) is 11.4 Å². The van der Waals surface area contributed by atoms with Gasteiger partial charge in [-0.25, -0.2) is 4.79 Å². The van der Waals surface area contributed by atoms with Gasteiger partial charge in [-0.3, -0.25) is 18.7 Å². The van der Waals surface area contributed by atoms with E-state index in [0.29, 0.717) is 5.75 Å². The van der Waals surface area contributed by atoms with Crippen molar-refractivity contribution in [2.24, 2.45) is 14.1 Å². The van der Waals surface area contributed by atoms with Gasteiger partial charge in [0.05, 0.1) is 0 Å². The smallest absolute Gasteiger partial charge is 0.332 e. The number of aromatic nitrogens is 2. The van der Waals surface area contributed by atoms with Crippen LogP contribution in [0, 0.1) is 0 Å².